The minimum atomic E-state index is -0.1000. The first-order chi connectivity index (χ1) is 15.0. The molecular weight excluding hydrogens is 398 g/mol. The summed E-state index contributed by atoms with van der Waals surface area (Å²) < 4.78 is 10.6. The molecule has 1 amide bonds. The van der Waals surface area contributed by atoms with Gasteiger partial charge in [0, 0.05) is 45.8 Å². The van der Waals surface area contributed by atoms with Gasteiger partial charge in [-0.05, 0) is 36.4 Å². The number of hydrogen-bond donors (Lipinski definition) is 0. The molecule has 0 atom stereocenters. The molecule has 1 saturated heterocycles. The Morgan fingerprint density at radius 1 is 1.06 bits per heavy atom. The van der Waals surface area contributed by atoms with Gasteiger partial charge in [0.25, 0.3) is 5.91 Å². The van der Waals surface area contributed by atoms with Crippen LogP contribution in [0.1, 0.15) is 16.4 Å². The number of piperazine rings is 1. The molecule has 1 aromatic carbocycles. The third kappa shape index (κ3) is 4.80. The number of hydrogen-bond acceptors (Lipinski definition) is 9. The van der Waals surface area contributed by atoms with Gasteiger partial charge in [0.1, 0.15) is 5.75 Å². The van der Waals surface area contributed by atoms with Crippen molar-refractivity contribution in [3.05, 3.63) is 48.0 Å². The van der Waals surface area contributed by atoms with Crippen LogP contribution < -0.4 is 9.64 Å². The molecule has 0 unspecified atom stereocenters. The van der Waals surface area contributed by atoms with E-state index in [2.05, 4.69) is 25.2 Å². The van der Waals surface area contributed by atoms with E-state index in [0.29, 0.717) is 37.0 Å². The summed E-state index contributed by atoms with van der Waals surface area (Å²) in [6, 6.07) is 11.0. The fraction of sp³-hybridized carbons (Fsp3) is 0.381. The van der Waals surface area contributed by atoms with E-state index >= 15 is 0 Å². The maximum Gasteiger partial charge on any atom is 0.274 e. The third-order valence-corrected chi connectivity index (χ3v) is 5.16. The Balaban J connectivity index is 1.31. The van der Waals surface area contributed by atoms with Crippen LogP contribution in [0, 0.1) is 0 Å². The normalized spacial score (nSPS) is 14.5. The van der Waals surface area contributed by atoms with Gasteiger partial charge in [0.2, 0.25) is 11.7 Å². The van der Waals surface area contributed by atoms with Crippen LogP contribution in [-0.2, 0) is 6.54 Å². The van der Waals surface area contributed by atoms with Crippen molar-refractivity contribution in [2.45, 2.75) is 6.54 Å². The van der Waals surface area contributed by atoms with Gasteiger partial charge in [-0.3, -0.25) is 9.69 Å². The fourth-order valence-corrected chi connectivity index (χ4v) is 3.32. The summed E-state index contributed by atoms with van der Waals surface area (Å²) in [6.07, 6.45) is 0. The largest absolute Gasteiger partial charge is 0.497 e. The van der Waals surface area contributed by atoms with Crippen molar-refractivity contribution < 1.29 is 14.1 Å². The van der Waals surface area contributed by atoms with Crippen LogP contribution in [0.5, 0.6) is 5.75 Å². The van der Waals surface area contributed by atoms with Crippen molar-refractivity contribution in [1.29, 1.82) is 0 Å². The van der Waals surface area contributed by atoms with Gasteiger partial charge in [-0.25, -0.2) is 0 Å². The zero-order valence-corrected chi connectivity index (χ0v) is 17.9. The van der Waals surface area contributed by atoms with Gasteiger partial charge in [0.05, 0.1) is 13.7 Å². The summed E-state index contributed by atoms with van der Waals surface area (Å²) >= 11 is 0. The lowest BCUT2D eigenvalue weighted by molar-refractivity contribution is 0.0608. The Hall–Kier alpha value is -3.53. The highest BCUT2D eigenvalue weighted by Crippen LogP contribution is 2.20. The lowest BCUT2D eigenvalue weighted by Crippen LogP contribution is -2.48. The Bertz CT molecular complexity index is 1010. The fourth-order valence-electron chi connectivity index (χ4n) is 3.32. The number of amides is 1. The lowest BCUT2D eigenvalue weighted by Gasteiger charge is -2.33. The quantitative estimate of drug-likeness (QED) is 0.584. The Kier molecular flexibility index (Phi) is 6.08. The van der Waals surface area contributed by atoms with Crippen LogP contribution in [0.25, 0.3) is 11.4 Å². The molecule has 0 saturated carbocycles. The highest BCUT2D eigenvalue weighted by molar-refractivity contribution is 5.92. The zero-order chi connectivity index (χ0) is 21.8. The minimum absolute atomic E-state index is 0.1000. The Labute approximate surface area is 180 Å². The summed E-state index contributed by atoms with van der Waals surface area (Å²) in [4.78, 5) is 23.0. The third-order valence-electron chi connectivity index (χ3n) is 5.16. The maximum atomic E-state index is 12.7. The van der Waals surface area contributed by atoms with Crippen molar-refractivity contribution >= 4 is 11.7 Å². The van der Waals surface area contributed by atoms with Gasteiger partial charge in [-0.15, -0.1) is 10.2 Å². The molecule has 0 radical (unpaired) electrons. The van der Waals surface area contributed by atoms with E-state index in [-0.39, 0.29) is 5.91 Å². The van der Waals surface area contributed by atoms with Crippen LogP contribution in [0.3, 0.4) is 0 Å². The van der Waals surface area contributed by atoms with Gasteiger partial charge < -0.3 is 19.1 Å². The number of nitrogens with zero attached hydrogens (tertiary/aromatic N) is 7. The molecular formula is C21H25N7O3. The van der Waals surface area contributed by atoms with Crippen LogP contribution in [0.4, 0.5) is 5.82 Å². The molecule has 31 heavy (non-hydrogen) atoms. The monoisotopic (exact) mass is 423 g/mol. The average Bonchev–Trinajstić information content (AvgIpc) is 3.27. The number of benzene rings is 1. The predicted octanol–water partition coefficient (Wildman–Crippen LogP) is 1.56. The predicted molar refractivity (Wildman–Crippen MR) is 114 cm³/mol. The molecule has 1 aliphatic rings. The molecule has 4 rings (SSSR count). The first-order valence-electron chi connectivity index (χ1n) is 10.0. The zero-order valence-electron chi connectivity index (χ0n) is 17.9. The molecule has 2 aromatic heterocycles. The van der Waals surface area contributed by atoms with E-state index in [9.17, 15) is 4.79 Å². The summed E-state index contributed by atoms with van der Waals surface area (Å²) in [7, 11) is 5.39. The molecule has 0 spiro atoms. The standard InChI is InChI=1S/C21H25N7O3/c1-26(2)18-9-8-17(23-24-18)21(29)28-12-10-27(11-13-28)14-19-22-20(25-31-19)15-4-6-16(30-3)7-5-15/h4-9H,10-14H2,1-3H3. The van der Waals surface area contributed by atoms with Crippen LogP contribution in [-0.4, -0.2) is 83.4 Å². The van der Waals surface area contributed by atoms with Crippen molar-refractivity contribution in [3.8, 4) is 17.1 Å². The number of carbonyl (C=O) groups excluding carboxylic acids is 1. The van der Waals surface area contributed by atoms with Crippen molar-refractivity contribution in [3.63, 3.8) is 0 Å². The molecule has 1 fully saturated rings. The first-order valence-corrected chi connectivity index (χ1v) is 10.0. The van der Waals surface area contributed by atoms with E-state index < -0.39 is 0 Å². The lowest BCUT2D eigenvalue weighted by atomic mass is 10.2. The molecule has 0 bridgehead atoms. The smallest absolute Gasteiger partial charge is 0.274 e. The van der Waals surface area contributed by atoms with Crippen LogP contribution in [0.15, 0.2) is 40.9 Å². The van der Waals surface area contributed by atoms with E-state index in [4.69, 9.17) is 9.26 Å². The van der Waals surface area contributed by atoms with Crippen LogP contribution >= 0.6 is 0 Å². The molecule has 162 valence electrons. The molecule has 10 nitrogen and oxygen atoms in total. The number of methoxy groups -OCH3 is 1. The summed E-state index contributed by atoms with van der Waals surface area (Å²) in [5, 5.41) is 12.2. The van der Waals surface area contributed by atoms with Gasteiger partial charge in [0.15, 0.2) is 11.5 Å². The highest BCUT2D eigenvalue weighted by Gasteiger charge is 2.24. The van der Waals surface area contributed by atoms with Gasteiger partial charge >= 0.3 is 0 Å². The second-order valence-electron chi connectivity index (χ2n) is 7.48. The number of aromatic nitrogens is 4. The van der Waals surface area contributed by atoms with Crippen molar-refractivity contribution in [2.75, 3.05) is 52.3 Å². The molecule has 0 aliphatic carbocycles. The number of carbonyl (C=O) groups is 1. The van der Waals surface area contributed by atoms with E-state index in [0.717, 1.165) is 30.2 Å². The van der Waals surface area contributed by atoms with Gasteiger partial charge in [-0.1, -0.05) is 5.16 Å². The van der Waals surface area contributed by atoms with Crippen molar-refractivity contribution in [1.82, 2.24) is 30.1 Å². The summed E-state index contributed by atoms with van der Waals surface area (Å²) in [5.41, 5.74) is 1.23. The van der Waals surface area contributed by atoms with E-state index in [1.54, 1.807) is 24.1 Å². The summed E-state index contributed by atoms with van der Waals surface area (Å²) in [6.45, 7) is 3.19. The average molecular weight is 423 g/mol. The maximum absolute atomic E-state index is 12.7. The molecule has 3 heterocycles. The minimum Gasteiger partial charge on any atom is -0.497 e. The SMILES string of the molecule is COc1ccc(-c2noc(CN3CCN(C(=O)c4ccc(N(C)C)nn4)CC3)n2)cc1. The molecule has 10 heteroatoms. The Morgan fingerprint density at radius 2 is 1.81 bits per heavy atom. The number of ether oxygens (including phenoxy) is 1. The summed E-state index contributed by atoms with van der Waals surface area (Å²) in [5.74, 6) is 2.49. The van der Waals surface area contributed by atoms with E-state index in [1.165, 1.54) is 0 Å². The van der Waals surface area contributed by atoms with E-state index in [1.807, 2.05) is 43.3 Å². The number of anilines is 1. The highest BCUT2D eigenvalue weighted by atomic mass is 16.5. The van der Waals surface area contributed by atoms with Crippen molar-refractivity contribution in [2.24, 2.45) is 0 Å². The van der Waals surface area contributed by atoms with Crippen LogP contribution in [0.2, 0.25) is 0 Å². The molecule has 3 aromatic rings. The van der Waals surface area contributed by atoms with Gasteiger partial charge in [-0.2, -0.15) is 4.98 Å². The molecule has 0 N–H and O–H groups in total. The molecule has 1 aliphatic heterocycles. The number of rotatable bonds is 6. The second-order valence-corrected chi connectivity index (χ2v) is 7.48. The first kappa shape index (κ1) is 20.7. The Morgan fingerprint density at radius 3 is 2.42 bits per heavy atom. The second kappa shape index (κ2) is 9.09. The topological polar surface area (TPSA) is 101 Å².